The van der Waals surface area contributed by atoms with Crippen LogP contribution in [0.4, 0.5) is 5.69 Å². The van der Waals surface area contributed by atoms with Crippen molar-refractivity contribution in [1.82, 2.24) is 4.90 Å². The summed E-state index contributed by atoms with van der Waals surface area (Å²) >= 11 is 0. The minimum Gasteiger partial charge on any atom is -0.494 e. The van der Waals surface area contributed by atoms with E-state index in [1.165, 1.54) is 0 Å². The number of rotatable bonds is 6. The van der Waals surface area contributed by atoms with E-state index >= 15 is 0 Å². The zero-order valence-electron chi connectivity index (χ0n) is 14.3. The number of anilines is 1. The highest BCUT2D eigenvalue weighted by atomic mass is 16.5. The van der Waals surface area contributed by atoms with Crippen LogP contribution in [0.5, 0.6) is 5.75 Å². The molecule has 0 saturated heterocycles. The first kappa shape index (κ1) is 16.4. The molecule has 126 valence electrons. The lowest BCUT2D eigenvalue weighted by atomic mass is 10.0. The first-order valence-corrected chi connectivity index (χ1v) is 8.64. The predicted octanol–water partition coefficient (Wildman–Crippen LogP) is 4.45. The van der Waals surface area contributed by atoms with E-state index < -0.39 is 0 Å². The Morgan fingerprint density at radius 2 is 1.79 bits per heavy atom. The summed E-state index contributed by atoms with van der Waals surface area (Å²) in [6.45, 7) is 5.62. The number of para-hydroxylation sites is 1. The molecule has 0 radical (unpaired) electrons. The minimum atomic E-state index is -0.146. The van der Waals surface area contributed by atoms with Gasteiger partial charge in [0.05, 0.1) is 12.2 Å². The van der Waals surface area contributed by atoms with E-state index in [1.54, 1.807) is 0 Å². The van der Waals surface area contributed by atoms with Crippen molar-refractivity contribution in [2.24, 2.45) is 0 Å². The lowest BCUT2D eigenvalue weighted by molar-refractivity contribution is 0.0683. The Hall–Kier alpha value is -2.49. The molecule has 0 unspecified atom stereocenters. The number of carbonyl (C=O) groups is 1. The standard InChI is InChI=1S/C20H24N2O2/c1-3-13-22-19(15-9-11-16(12-10-15)24-14-4-2)21-18-8-6-5-7-17(18)20(22)23/h5-12,19,21H,3-4,13-14H2,1-2H3/t19-/m0/s1. The van der Waals surface area contributed by atoms with Crippen LogP contribution in [0.15, 0.2) is 48.5 Å². The highest BCUT2D eigenvalue weighted by Crippen LogP contribution is 2.33. The molecule has 0 saturated carbocycles. The number of benzene rings is 2. The van der Waals surface area contributed by atoms with Gasteiger partial charge in [-0.1, -0.05) is 38.1 Å². The number of ether oxygens (including phenoxy) is 1. The first-order chi connectivity index (χ1) is 11.7. The molecule has 3 rings (SSSR count). The molecule has 24 heavy (non-hydrogen) atoms. The smallest absolute Gasteiger partial charge is 0.257 e. The normalized spacial score (nSPS) is 16.5. The third-order valence-electron chi connectivity index (χ3n) is 4.16. The topological polar surface area (TPSA) is 41.6 Å². The maximum absolute atomic E-state index is 12.9. The largest absolute Gasteiger partial charge is 0.494 e. The van der Waals surface area contributed by atoms with E-state index in [1.807, 2.05) is 53.4 Å². The number of nitrogens with one attached hydrogen (secondary N) is 1. The minimum absolute atomic E-state index is 0.0857. The quantitative estimate of drug-likeness (QED) is 0.853. The number of hydrogen-bond acceptors (Lipinski definition) is 3. The van der Waals surface area contributed by atoms with Crippen LogP contribution in [0.2, 0.25) is 0 Å². The Morgan fingerprint density at radius 1 is 1.04 bits per heavy atom. The SMILES string of the molecule is CCCOc1ccc([C@H]2Nc3ccccc3C(=O)N2CCC)cc1. The van der Waals surface area contributed by atoms with Gasteiger partial charge in [-0.2, -0.15) is 0 Å². The molecule has 1 atom stereocenters. The van der Waals surface area contributed by atoms with Gasteiger partial charge >= 0.3 is 0 Å². The van der Waals surface area contributed by atoms with Crippen LogP contribution < -0.4 is 10.1 Å². The lowest BCUT2D eigenvalue weighted by Gasteiger charge is -2.38. The zero-order chi connectivity index (χ0) is 16.9. The lowest BCUT2D eigenvalue weighted by Crippen LogP contribution is -2.43. The second kappa shape index (κ2) is 7.39. The van der Waals surface area contributed by atoms with Crippen molar-refractivity contribution in [1.29, 1.82) is 0 Å². The van der Waals surface area contributed by atoms with Crippen LogP contribution in [-0.4, -0.2) is 24.0 Å². The molecule has 0 spiro atoms. The van der Waals surface area contributed by atoms with Crippen LogP contribution in [0.25, 0.3) is 0 Å². The highest BCUT2D eigenvalue weighted by Gasteiger charge is 2.31. The summed E-state index contributed by atoms with van der Waals surface area (Å²) in [7, 11) is 0. The molecule has 4 heteroatoms. The van der Waals surface area contributed by atoms with E-state index in [2.05, 4.69) is 19.2 Å². The van der Waals surface area contributed by atoms with E-state index in [9.17, 15) is 4.79 Å². The fourth-order valence-electron chi connectivity index (χ4n) is 2.99. The van der Waals surface area contributed by atoms with Gasteiger partial charge in [-0.3, -0.25) is 4.79 Å². The third-order valence-corrected chi connectivity index (χ3v) is 4.16. The van der Waals surface area contributed by atoms with Gasteiger partial charge < -0.3 is 15.0 Å². The van der Waals surface area contributed by atoms with Gasteiger partial charge in [0.1, 0.15) is 11.9 Å². The van der Waals surface area contributed by atoms with Crippen molar-refractivity contribution in [3.63, 3.8) is 0 Å². The van der Waals surface area contributed by atoms with Gasteiger partial charge in [-0.25, -0.2) is 0 Å². The average Bonchev–Trinajstić information content (AvgIpc) is 2.63. The average molecular weight is 324 g/mol. The van der Waals surface area contributed by atoms with Crippen molar-refractivity contribution in [2.75, 3.05) is 18.5 Å². The number of nitrogens with zero attached hydrogens (tertiary/aromatic N) is 1. The second-order valence-corrected chi connectivity index (χ2v) is 6.01. The Labute approximate surface area is 143 Å². The van der Waals surface area contributed by atoms with Gasteiger partial charge in [-0.05, 0) is 42.7 Å². The molecule has 0 bridgehead atoms. The summed E-state index contributed by atoms with van der Waals surface area (Å²) in [5.41, 5.74) is 2.70. The van der Waals surface area contributed by atoms with E-state index in [4.69, 9.17) is 4.74 Å². The molecule has 2 aromatic rings. The Bertz CT molecular complexity index is 697. The molecule has 1 N–H and O–H groups in total. The Morgan fingerprint density at radius 3 is 2.50 bits per heavy atom. The summed E-state index contributed by atoms with van der Waals surface area (Å²) in [6.07, 6.45) is 1.76. The van der Waals surface area contributed by atoms with Gasteiger partial charge in [0.2, 0.25) is 0 Å². The number of fused-ring (bicyclic) bond motifs is 1. The highest BCUT2D eigenvalue weighted by molar-refractivity contribution is 6.01. The van der Waals surface area contributed by atoms with Crippen LogP contribution in [0.1, 0.15) is 48.8 Å². The number of carbonyl (C=O) groups excluding carboxylic acids is 1. The fourth-order valence-corrected chi connectivity index (χ4v) is 2.99. The van der Waals surface area contributed by atoms with Crippen molar-refractivity contribution in [3.05, 3.63) is 59.7 Å². The molecule has 0 aromatic heterocycles. The molecule has 4 nitrogen and oxygen atoms in total. The van der Waals surface area contributed by atoms with Gasteiger partial charge in [0, 0.05) is 12.2 Å². The molecule has 1 heterocycles. The van der Waals surface area contributed by atoms with Gasteiger partial charge in [0.25, 0.3) is 5.91 Å². The van der Waals surface area contributed by atoms with E-state index in [-0.39, 0.29) is 12.1 Å². The van der Waals surface area contributed by atoms with Gasteiger partial charge in [0.15, 0.2) is 0 Å². The van der Waals surface area contributed by atoms with Gasteiger partial charge in [-0.15, -0.1) is 0 Å². The molecule has 1 amide bonds. The molecular formula is C20H24N2O2. The van der Waals surface area contributed by atoms with Crippen molar-refractivity contribution in [2.45, 2.75) is 32.9 Å². The summed E-state index contributed by atoms with van der Waals surface area (Å²) in [5, 5.41) is 3.51. The summed E-state index contributed by atoms with van der Waals surface area (Å²) in [4.78, 5) is 14.8. The van der Waals surface area contributed by atoms with Crippen LogP contribution in [-0.2, 0) is 0 Å². The molecule has 2 aromatic carbocycles. The Balaban J connectivity index is 1.89. The van der Waals surface area contributed by atoms with Crippen LogP contribution in [0.3, 0.4) is 0 Å². The van der Waals surface area contributed by atoms with E-state index in [0.29, 0.717) is 0 Å². The Kier molecular flexibility index (Phi) is 5.04. The molecule has 1 aliphatic rings. The summed E-state index contributed by atoms with van der Waals surface area (Å²) in [6, 6.07) is 15.7. The number of hydrogen-bond donors (Lipinski definition) is 1. The first-order valence-electron chi connectivity index (χ1n) is 8.64. The molecule has 0 fully saturated rings. The monoisotopic (exact) mass is 324 g/mol. The van der Waals surface area contributed by atoms with Crippen LogP contribution in [0, 0.1) is 0 Å². The predicted molar refractivity (Wildman–Crippen MR) is 96.4 cm³/mol. The summed E-state index contributed by atoms with van der Waals surface area (Å²) in [5.74, 6) is 0.952. The fraction of sp³-hybridized carbons (Fsp3) is 0.350. The van der Waals surface area contributed by atoms with Crippen LogP contribution >= 0.6 is 0 Å². The van der Waals surface area contributed by atoms with E-state index in [0.717, 1.165) is 48.6 Å². The maximum atomic E-state index is 12.9. The van der Waals surface area contributed by atoms with Crippen molar-refractivity contribution < 1.29 is 9.53 Å². The number of amides is 1. The van der Waals surface area contributed by atoms with Crippen molar-refractivity contribution in [3.8, 4) is 5.75 Å². The molecule has 0 aliphatic carbocycles. The second-order valence-electron chi connectivity index (χ2n) is 6.01. The van der Waals surface area contributed by atoms with Crippen molar-refractivity contribution >= 4 is 11.6 Å². The maximum Gasteiger partial charge on any atom is 0.257 e. The molecular weight excluding hydrogens is 300 g/mol. The zero-order valence-corrected chi connectivity index (χ0v) is 14.3. The third kappa shape index (κ3) is 3.23. The molecule has 1 aliphatic heterocycles. The summed E-state index contributed by atoms with van der Waals surface area (Å²) < 4.78 is 5.65.